The fourth-order valence-corrected chi connectivity index (χ4v) is 5.46. The summed E-state index contributed by atoms with van der Waals surface area (Å²) in [6.07, 6.45) is 3.55. The highest BCUT2D eigenvalue weighted by Gasteiger charge is 2.18. The van der Waals surface area contributed by atoms with Gasteiger partial charge in [0.25, 0.3) is 5.56 Å². The van der Waals surface area contributed by atoms with Gasteiger partial charge < -0.3 is 15.8 Å². The Bertz CT molecular complexity index is 1550. The maximum atomic E-state index is 14.1. The van der Waals surface area contributed by atoms with Gasteiger partial charge in [-0.1, -0.05) is 44.2 Å². The summed E-state index contributed by atoms with van der Waals surface area (Å²) in [6, 6.07) is 15.5. The van der Waals surface area contributed by atoms with Gasteiger partial charge in [-0.25, -0.2) is 9.97 Å². The Balaban J connectivity index is 1.76. The summed E-state index contributed by atoms with van der Waals surface area (Å²) in [5.41, 5.74) is 8.66. The van der Waals surface area contributed by atoms with Crippen molar-refractivity contribution in [3.63, 3.8) is 0 Å². The van der Waals surface area contributed by atoms with E-state index >= 15 is 0 Å². The van der Waals surface area contributed by atoms with Crippen LogP contribution in [0.15, 0.2) is 59.7 Å². The second-order valence-electron chi connectivity index (χ2n) is 9.62. The predicted octanol–water partition coefficient (Wildman–Crippen LogP) is 5.54. The molecular formula is C30H36IN7O2. The molecule has 0 aliphatic carbocycles. The number of aryl methyl sites for hydroxylation is 1. The van der Waals surface area contributed by atoms with Crippen molar-refractivity contribution in [1.82, 2.24) is 19.4 Å². The zero-order valence-electron chi connectivity index (χ0n) is 23.2. The molecule has 0 radical (unpaired) electrons. The number of nitrogen functional groups attached to an aromatic ring is 1. The molecule has 0 atom stereocenters. The van der Waals surface area contributed by atoms with Gasteiger partial charge in [-0.2, -0.15) is 0 Å². The Hall–Kier alpha value is -3.51. The van der Waals surface area contributed by atoms with Gasteiger partial charge in [0, 0.05) is 12.2 Å². The number of hydrogen-bond donors (Lipinski definition) is 3. The van der Waals surface area contributed by atoms with E-state index < -0.39 is 0 Å². The van der Waals surface area contributed by atoms with E-state index in [1.54, 1.807) is 4.57 Å². The van der Waals surface area contributed by atoms with Crippen molar-refractivity contribution in [3.05, 3.63) is 82.0 Å². The summed E-state index contributed by atoms with van der Waals surface area (Å²) >= 11 is 1.89. The summed E-state index contributed by atoms with van der Waals surface area (Å²) in [6.45, 7) is 9.98. The fraction of sp³-hybridized carbons (Fsp3) is 0.333. The van der Waals surface area contributed by atoms with Crippen LogP contribution in [0, 0.1) is 12.3 Å². The van der Waals surface area contributed by atoms with E-state index in [0.717, 1.165) is 49.1 Å². The monoisotopic (exact) mass is 653 g/mol. The lowest BCUT2D eigenvalue weighted by molar-refractivity contribution is 0.208. The highest BCUT2D eigenvalue weighted by Crippen LogP contribution is 2.27. The molecule has 10 heteroatoms. The van der Waals surface area contributed by atoms with Gasteiger partial charge in [0.2, 0.25) is 0 Å². The summed E-state index contributed by atoms with van der Waals surface area (Å²) < 4.78 is 8.25. The number of pyridine rings is 1. The first kappa shape index (κ1) is 29.5. The second-order valence-corrected chi connectivity index (χ2v) is 10.7. The molecule has 0 bridgehead atoms. The number of anilines is 2. The Morgan fingerprint density at radius 2 is 1.85 bits per heavy atom. The van der Waals surface area contributed by atoms with Crippen molar-refractivity contribution in [1.29, 1.82) is 5.41 Å². The Labute approximate surface area is 248 Å². The third-order valence-corrected chi connectivity index (χ3v) is 7.25. The molecule has 0 spiro atoms. The van der Waals surface area contributed by atoms with E-state index in [1.807, 2.05) is 78.0 Å². The molecule has 4 aromatic rings. The first-order chi connectivity index (χ1) is 19.3. The number of fused-ring (bicyclic) bond motifs is 1. The Morgan fingerprint density at radius 3 is 2.58 bits per heavy atom. The molecule has 2 aromatic carbocycles. The summed E-state index contributed by atoms with van der Waals surface area (Å²) in [7, 11) is 0. The summed E-state index contributed by atoms with van der Waals surface area (Å²) in [5, 5.41) is 12.9. The van der Waals surface area contributed by atoms with Gasteiger partial charge in [0.15, 0.2) is 0 Å². The number of para-hydroxylation sites is 2. The van der Waals surface area contributed by atoms with E-state index in [0.29, 0.717) is 34.8 Å². The lowest BCUT2D eigenvalue weighted by Gasteiger charge is -2.22. The predicted molar refractivity (Wildman–Crippen MR) is 171 cm³/mol. The Morgan fingerprint density at radius 1 is 1.10 bits per heavy atom. The number of halogens is 1. The van der Waals surface area contributed by atoms with Crippen LogP contribution in [-0.4, -0.2) is 49.4 Å². The molecule has 0 saturated carbocycles. The van der Waals surface area contributed by atoms with Crippen LogP contribution in [0.5, 0.6) is 5.75 Å². The van der Waals surface area contributed by atoms with Gasteiger partial charge in [0.1, 0.15) is 34.0 Å². The maximum absolute atomic E-state index is 14.1. The molecule has 40 heavy (non-hydrogen) atoms. The highest BCUT2D eigenvalue weighted by molar-refractivity contribution is 14.1. The van der Waals surface area contributed by atoms with Crippen LogP contribution in [0.3, 0.4) is 0 Å². The molecule has 210 valence electrons. The van der Waals surface area contributed by atoms with Crippen molar-refractivity contribution in [3.8, 4) is 11.4 Å². The summed E-state index contributed by atoms with van der Waals surface area (Å²) in [5.74, 6) is 1.31. The van der Waals surface area contributed by atoms with Crippen LogP contribution in [-0.2, 0) is 6.54 Å². The molecule has 0 unspecified atom stereocenters. The van der Waals surface area contributed by atoms with E-state index in [1.165, 1.54) is 6.33 Å². The largest absolute Gasteiger partial charge is 0.490 e. The third-order valence-electron chi connectivity index (χ3n) is 6.72. The molecule has 0 fully saturated rings. The Kier molecular flexibility index (Phi) is 10.1. The van der Waals surface area contributed by atoms with Gasteiger partial charge >= 0.3 is 0 Å². The van der Waals surface area contributed by atoms with Gasteiger partial charge in [-0.15, -0.1) is 0 Å². The average molecular weight is 654 g/mol. The van der Waals surface area contributed by atoms with Crippen molar-refractivity contribution < 1.29 is 4.74 Å². The molecule has 9 nitrogen and oxygen atoms in total. The molecule has 2 aromatic heterocycles. The van der Waals surface area contributed by atoms with E-state index in [4.69, 9.17) is 15.9 Å². The SMILES string of the molecule is CCCN(CCC)CCOc1ccccc1-n1c(CNc2ncnc(N)c2C(=N)I)cc2cccc(C)c2c1=O. The minimum atomic E-state index is -0.119. The van der Waals surface area contributed by atoms with Crippen molar-refractivity contribution in [2.45, 2.75) is 40.2 Å². The van der Waals surface area contributed by atoms with Crippen LogP contribution < -0.4 is 21.3 Å². The number of nitrogens with zero attached hydrogens (tertiary/aromatic N) is 4. The standard InChI is InChI=1S/C30H36IN7O2/c1-4-13-37(14-5-2)15-16-40-24-12-7-6-11-23(24)38-22(17-21-10-8-9-20(3)25(21)30(38)39)18-34-29-26(27(31)32)28(33)35-19-36-29/h6-12,17,19,32H,4-5,13-16,18H2,1-3H3,(H3,33,34,35,36). The van der Waals surface area contributed by atoms with Crippen LogP contribution in [0.4, 0.5) is 11.6 Å². The minimum absolute atomic E-state index is 0.119. The van der Waals surface area contributed by atoms with Gasteiger partial charge in [0.05, 0.1) is 23.2 Å². The topological polar surface area (TPSA) is 122 Å². The highest BCUT2D eigenvalue weighted by atomic mass is 127. The lowest BCUT2D eigenvalue weighted by Crippen LogP contribution is -2.30. The van der Waals surface area contributed by atoms with E-state index in [9.17, 15) is 4.79 Å². The number of aromatic nitrogens is 3. The molecule has 2 heterocycles. The fourth-order valence-electron chi connectivity index (χ4n) is 4.92. The smallest absolute Gasteiger partial charge is 0.263 e. The first-order valence-electron chi connectivity index (χ1n) is 13.5. The van der Waals surface area contributed by atoms with E-state index in [2.05, 4.69) is 34.0 Å². The van der Waals surface area contributed by atoms with Gasteiger partial charge in [-0.05, 0) is 84.6 Å². The lowest BCUT2D eigenvalue weighted by atomic mass is 10.1. The first-order valence-corrected chi connectivity index (χ1v) is 14.6. The molecule has 0 aliphatic heterocycles. The van der Waals surface area contributed by atoms with Crippen molar-refractivity contribution in [2.24, 2.45) is 0 Å². The number of rotatable bonds is 13. The number of benzene rings is 2. The average Bonchev–Trinajstić information content (AvgIpc) is 2.92. The zero-order valence-corrected chi connectivity index (χ0v) is 25.4. The molecule has 0 aliphatic rings. The van der Waals surface area contributed by atoms with E-state index in [-0.39, 0.29) is 21.6 Å². The number of nitrogens with one attached hydrogen (secondary N) is 2. The quantitative estimate of drug-likeness (QED) is 0.128. The number of nitrogens with two attached hydrogens (primary N) is 1. The number of ether oxygens (including phenoxy) is 1. The van der Waals surface area contributed by atoms with Crippen LogP contribution in [0.1, 0.15) is 43.5 Å². The molecule has 0 saturated heterocycles. The third kappa shape index (κ3) is 6.61. The number of hydrogen-bond acceptors (Lipinski definition) is 8. The van der Waals surface area contributed by atoms with Crippen LogP contribution in [0.25, 0.3) is 16.5 Å². The molecule has 4 N–H and O–H groups in total. The normalized spacial score (nSPS) is 11.2. The minimum Gasteiger partial charge on any atom is -0.490 e. The second kappa shape index (κ2) is 13.7. The maximum Gasteiger partial charge on any atom is 0.263 e. The van der Waals surface area contributed by atoms with Gasteiger partial charge in [-0.3, -0.25) is 19.7 Å². The van der Waals surface area contributed by atoms with Crippen LogP contribution >= 0.6 is 22.6 Å². The van der Waals surface area contributed by atoms with Crippen LogP contribution in [0.2, 0.25) is 0 Å². The zero-order chi connectivity index (χ0) is 28.6. The molecular weight excluding hydrogens is 617 g/mol. The van der Waals surface area contributed by atoms with Crippen molar-refractivity contribution >= 4 is 48.7 Å². The van der Waals surface area contributed by atoms with Crippen molar-refractivity contribution in [2.75, 3.05) is 37.3 Å². The molecule has 4 rings (SSSR count). The summed E-state index contributed by atoms with van der Waals surface area (Å²) in [4.78, 5) is 24.9. The molecule has 0 amide bonds.